The Labute approximate surface area is 139 Å². The van der Waals surface area contributed by atoms with Gasteiger partial charge in [-0.2, -0.15) is 0 Å². The van der Waals surface area contributed by atoms with Gasteiger partial charge in [-0.1, -0.05) is 24.3 Å². The van der Waals surface area contributed by atoms with E-state index in [0.29, 0.717) is 12.0 Å². The number of hydrogen-bond donors (Lipinski definition) is 1. The van der Waals surface area contributed by atoms with Crippen molar-refractivity contribution in [1.82, 2.24) is 10.3 Å². The zero-order chi connectivity index (χ0) is 17.3. The van der Waals surface area contributed by atoms with Crippen molar-refractivity contribution in [3.05, 3.63) is 47.7 Å². The first kappa shape index (κ1) is 16.6. The molecule has 24 heavy (non-hydrogen) atoms. The van der Waals surface area contributed by atoms with Crippen LogP contribution in [-0.2, 0) is 0 Å². The average Bonchev–Trinajstić information content (AvgIpc) is 2.53. The van der Waals surface area contributed by atoms with Crippen molar-refractivity contribution >= 4 is 22.4 Å². The lowest BCUT2D eigenvalue weighted by Gasteiger charge is -2.22. The summed E-state index contributed by atoms with van der Waals surface area (Å²) in [6, 6.07) is 7.50. The monoisotopic (exact) mass is 330 g/mol. The molecule has 0 atom stereocenters. The van der Waals surface area contributed by atoms with Gasteiger partial charge in [-0.15, -0.1) is 0 Å². The van der Waals surface area contributed by atoms with Crippen LogP contribution in [0.4, 0.5) is 8.78 Å². The van der Waals surface area contributed by atoms with Gasteiger partial charge in [0.05, 0.1) is 11.1 Å². The third-order valence-corrected chi connectivity index (χ3v) is 4.15. The molecule has 0 aliphatic heterocycles. The minimum atomic E-state index is -2.61. The summed E-state index contributed by atoms with van der Waals surface area (Å²) < 4.78 is 26.7. The van der Waals surface area contributed by atoms with Crippen molar-refractivity contribution in [1.29, 1.82) is 0 Å². The Hall–Kier alpha value is -2.30. The normalized spacial score (nSPS) is 17.0. The van der Waals surface area contributed by atoms with E-state index < -0.39 is 5.92 Å². The molecule has 2 aromatic rings. The molecule has 1 aliphatic rings. The number of nitrogens with one attached hydrogen (secondary N) is 1. The fourth-order valence-corrected chi connectivity index (χ4v) is 2.93. The number of alkyl halides is 2. The van der Waals surface area contributed by atoms with E-state index in [2.05, 4.69) is 10.3 Å². The first-order valence-corrected chi connectivity index (χ1v) is 8.12. The number of halogens is 2. The number of aromatic nitrogens is 1. The lowest BCUT2D eigenvalue weighted by atomic mass is 9.90. The molecule has 1 aromatic carbocycles. The molecule has 0 bridgehead atoms. The first-order valence-electron chi connectivity index (χ1n) is 8.12. The summed E-state index contributed by atoms with van der Waals surface area (Å²) in [7, 11) is 0. The minimum absolute atomic E-state index is 0.0496. The highest BCUT2D eigenvalue weighted by Gasteiger charge is 2.31. The molecule has 1 aliphatic carbocycles. The van der Waals surface area contributed by atoms with Crippen LogP contribution in [0.15, 0.2) is 36.5 Å². The molecule has 3 rings (SSSR count). The molecular formula is C19H20F2N2O. The predicted octanol–water partition coefficient (Wildman–Crippen LogP) is 4.58. The van der Waals surface area contributed by atoms with Gasteiger partial charge in [-0.3, -0.25) is 9.78 Å². The van der Waals surface area contributed by atoms with Gasteiger partial charge in [0.25, 0.3) is 11.8 Å². The van der Waals surface area contributed by atoms with Crippen molar-refractivity contribution in [2.24, 2.45) is 0 Å². The summed E-state index contributed by atoms with van der Waals surface area (Å²) in [5, 5.41) is 3.67. The highest BCUT2D eigenvalue weighted by atomic mass is 19.3. The molecule has 0 unspecified atom stereocenters. The van der Waals surface area contributed by atoms with Crippen LogP contribution in [0.5, 0.6) is 0 Å². The molecule has 0 saturated heterocycles. The van der Waals surface area contributed by atoms with Crippen LogP contribution in [0.2, 0.25) is 0 Å². The zero-order valence-corrected chi connectivity index (χ0v) is 13.8. The van der Waals surface area contributed by atoms with E-state index >= 15 is 0 Å². The second kappa shape index (κ2) is 6.30. The first-order chi connectivity index (χ1) is 11.4. The lowest BCUT2D eigenvalue weighted by molar-refractivity contribution is -0.00602. The Morgan fingerprint density at radius 2 is 2.12 bits per heavy atom. The van der Waals surface area contributed by atoms with Gasteiger partial charge in [-0.25, -0.2) is 8.78 Å². The van der Waals surface area contributed by atoms with Crippen LogP contribution in [0.25, 0.3) is 16.5 Å². The summed E-state index contributed by atoms with van der Waals surface area (Å²) in [4.78, 5) is 16.5. The number of benzene rings is 1. The number of amides is 1. The van der Waals surface area contributed by atoms with E-state index in [1.807, 2.05) is 32.0 Å². The summed E-state index contributed by atoms with van der Waals surface area (Å²) in [5.41, 5.74) is 3.02. The number of carbonyl (C=O) groups is 1. The van der Waals surface area contributed by atoms with E-state index in [4.69, 9.17) is 0 Å². The number of carbonyl (C=O) groups excluding carboxylic acids is 1. The van der Waals surface area contributed by atoms with Crippen LogP contribution in [0.1, 0.15) is 49.0 Å². The molecule has 0 saturated carbocycles. The van der Waals surface area contributed by atoms with Crippen LogP contribution in [-0.4, -0.2) is 22.9 Å². The smallest absolute Gasteiger partial charge is 0.253 e. The van der Waals surface area contributed by atoms with Gasteiger partial charge in [0, 0.05) is 36.0 Å². The number of hydrogen-bond acceptors (Lipinski definition) is 2. The summed E-state index contributed by atoms with van der Waals surface area (Å²) in [6.45, 7) is 3.80. The molecule has 0 radical (unpaired) electrons. The third kappa shape index (κ3) is 3.45. The lowest BCUT2D eigenvalue weighted by Crippen LogP contribution is -2.30. The van der Waals surface area contributed by atoms with Gasteiger partial charge in [0.1, 0.15) is 0 Å². The van der Waals surface area contributed by atoms with Gasteiger partial charge in [0.15, 0.2) is 0 Å². The van der Waals surface area contributed by atoms with E-state index in [1.165, 1.54) is 0 Å². The van der Waals surface area contributed by atoms with E-state index in [1.54, 1.807) is 18.3 Å². The van der Waals surface area contributed by atoms with E-state index in [9.17, 15) is 13.6 Å². The molecule has 1 aromatic heterocycles. The summed E-state index contributed by atoms with van der Waals surface area (Å²) in [6.07, 6.45) is 3.13. The SMILES string of the molecule is CC(C)NC(=O)c1cnc2c(C3=CCC(F)(F)CC3)cccc2c1. The van der Waals surface area contributed by atoms with Crippen LogP contribution in [0.3, 0.4) is 0 Å². The number of allylic oxidation sites excluding steroid dienone is 2. The highest BCUT2D eigenvalue weighted by Crippen LogP contribution is 2.37. The Morgan fingerprint density at radius 3 is 2.79 bits per heavy atom. The Kier molecular flexibility index (Phi) is 4.35. The molecule has 0 fully saturated rings. The van der Waals surface area contributed by atoms with Gasteiger partial charge in [0.2, 0.25) is 0 Å². The molecule has 3 nitrogen and oxygen atoms in total. The van der Waals surface area contributed by atoms with Crippen molar-refractivity contribution in [2.75, 3.05) is 0 Å². The predicted molar refractivity (Wildman–Crippen MR) is 91.1 cm³/mol. The fourth-order valence-electron chi connectivity index (χ4n) is 2.93. The number of pyridine rings is 1. The highest BCUT2D eigenvalue weighted by molar-refractivity contribution is 5.99. The summed E-state index contributed by atoms with van der Waals surface area (Å²) in [5.74, 6) is -2.77. The van der Waals surface area contributed by atoms with Gasteiger partial charge >= 0.3 is 0 Å². The maximum Gasteiger partial charge on any atom is 0.253 e. The second-order valence-electron chi connectivity index (χ2n) is 6.52. The second-order valence-corrected chi connectivity index (χ2v) is 6.52. The van der Waals surface area contributed by atoms with Gasteiger partial charge in [-0.05, 0) is 31.9 Å². The van der Waals surface area contributed by atoms with Crippen molar-refractivity contribution < 1.29 is 13.6 Å². The number of nitrogens with zero attached hydrogens (tertiary/aromatic N) is 1. The standard InChI is InChI=1S/C19H20F2N2O/c1-12(2)23-18(24)15-10-14-4-3-5-16(17(14)22-11-15)13-6-8-19(20,21)9-7-13/h3-6,10-12H,7-9H2,1-2H3,(H,23,24). The van der Waals surface area contributed by atoms with E-state index in [0.717, 1.165) is 22.0 Å². The van der Waals surface area contributed by atoms with Gasteiger partial charge < -0.3 is 5.32 Å². The summed E-state index contributed by atoms with van der Waals surface area (Å²) >= 11 is 0. The molecule has 1 heterocycles. The van der Waals surface area contributed by atoms with Crippen LogP contribution < -0.4 is 5.32 Å². The maximum atomic E-state index is 13.3. The molecule has 5 heteroatoms. The number of para-hydroxylation sites is 1. The number of fused-ring (bicyclic) bond motifs is 1. The molecule has 1 amide bonds. The minimum Gasteiger partial charge on any atom is -0.350 e. The maximum absolute atomic E-state index is 13.3. The molecule has 126 valence electrons. The third-order valence-electron chi connectivity index (χ3n) is 4.15. The van der Waals surface area contributed by atoms with Crippen molar-refractivity contribution in [2.45, 2.75) is 45.1 Å². The molecular weight excluding hydrogens is 310 g/mol. The molecule has 0 spiro atoms. The topological polar surface area (TPSA) is 42.0 Å². The van der Waals surface area contributed by atoms with Crippen molar-refractivity contribution in [3.8, 4) is 0 Å². The van der Waals surface area contributed by atoms with Crippen LogP contribution >= 0.6 is 0 Å². The largest absolute Gasteiger partial charge is 0.350 e. The quantitative estimate of drug-likeness (QED) is 0.895. The average molecular weight is 330 g/mol. The fraction of sp³-hybridized carbons (Fsp3) is 0.368. The molecule has 1 N–H and O–H groups in total. The zero-order valence-electron chi connectivity index (χ0n) is 13.8. The van der Waals surface area contributed by atoms with Crippen molar-refractivity contribution in [3.63, 3.8) is 0 Å². The number of rotatable bonds is 3. The van der Waals surface area contributed by atoms with Crippen LogP contribution in [0, 0.1) is 0 Å². The Balaban J connectivity index is 1.97. The Bertz CT molecular complexity index is 812. The Morgan fingerprint density at radius 1 is 1.33 bits per heavy atom. The van der Waals surface area contributed by atoms with E-state index in [-0.39, 0.29) is 24.8 Å².